The van der Waals surface area contributed by atoms with Crippen LogP contribution in [0.15, 0.2) is 67.1 Å². The van der Waals surface area contributed by atoms with Gasteiger partial charge in [0.25, 0.3) is 5.52 Å². The largest absolute Gasteiger partial charge is 0.264 e. The highest BCUT2D eigenvalue weighted by Crippen LogP contribution is 2.23. The van der Waals surface area contributed by atoms with Crippen molar-refractivity contribution in [2.24, 2.45) is 0 Å². The van der Waals surface area contributed by atoms with Crippen LogP contribution in [0.5, 0.6) is 0 Å². The Morgan fingerprint density at radius 3 is 2.48 bits per heavy atom. The van der Waals surface area contributed by atoms with E-state index >= 15 is 0 Å². The second-order valence-corrected chi connectivity index (χ2v) is 5.28. The maximum atomic E-state index is 5.96. The van der Waals surface area contributed by atoms with Crippen molar-refractivity contribution in [1.82, 2.24) is 10.1 Å². The van der Waals surface area contributed by atoms with E-state index in [2.05, 4.69) is 28.3 Å². The summed E-state index contributed by atoms with van der Waals surface area (Å²) in [6.07, 6.45) is 3.59. The Labute approximate surface area is 126 Å². The molecule has 0 aliphatic heterocycles. The average Bonchev–Trinajstić information content (AvgIpc) is 2.53. The van der Waals surface area contributed by atoms with Gasteiger partial charge in [0.1, 0.15) is 5.69 Å². The second kappa shape index (κ2) is 4.79. The summed E-state index contributed by atoms with van der Waals surface area (Å²) in [7, 11) is 0. The molecule has 0 atom stereocenters. The molecule has 2 aromatic carbocycles. The molecule has 0 unspecified atom stereocenters. The number of rotatable bonds is 1. The molecular weight excluding hydrogens is 282 g/mol. The molecule has 0 fully saturated rings. The lowest BCUT2D eigenvalue weighted by atomic mass is 10.1. The summed E-state index contributed by atoms with van der Waals surface area (Å²) in [5.41, 5.74) is 2.89. The Kier molecular flexibility index (Phi) is 2.79. The summed E-state index contributed by atoms with van der Waals surface area (Å²) in [5, 5.41) is 7.35. The molecule has 21 heavy (non-hydrogen) atoms. The smallest absolute Gasteiger partial charge is 0.223 e. The van der Waals surface area contributed by atoms with E-state index in [0.29, 0.717) is 0 Å². The lowest BCUT2D eigenvalue weighted by Crippen LogP contribution is -2.27. The standard InChI is InChI=1S/C17H11ClN3/c18-15-7-5-12(6-8-15)17-16-9-13-3-1-2-4-14(13)10-21(16)20-11-19-17/h1-11H/q+1. The molecule has 4 heteroatoms. The van der Waals surface area contributed by atoms with Crippen molar-refractivity contribution in [1.29, 1.82) is 0 Å². The molecular formula is C17H11ClN3+. The van der Waals surface area contributed by atoms with Gasteiger partial charge in [-0.2, -0.15) is 0 Å². The Morgan fingerprint density at radius 1 is 0.905 bits per heavy atom. The summed E-state index contributed by atoms with van der Waals surface area (Å²) >= 11 is 5.96. The first-order valence-electron chi connectivity index (χ1n) is 6.63. The third kappa shape index (κ3) is 2.12. The molecule has 0 saturated heterocycles. The minimum Gasteiger partial charge on any atom is -0.223 e. The van der Waals surface area contributed by atoms with Gasteiger partial charge < -0.3 is 0 Å². The predicted molar refractivity (Wildman–Crippen MR) is 83.1 cm³/mol. The van der Waals surface area contributed by atoms with E-state index in [9.17, 15) is 0 Å². The number of hydrogen-bond acceptors (Lipinski definition) is 2. The van der Waals surface area contributed by atoms with Gasteiger partial charge in [0.2, 0.25) is 6.20 Å². The molecule has 4 rings (SSSR count). The summed E-state index contributed by atoms with van der Waals surface area (Å²) < 4.78 is 1.86. The Hall–Kier alpha value is -2.52. The van der Waals surface area contributed by atoms with Crippen molar-refractivity contribution in [2.45, 2.75) is 0 Å². The van der Waals surface area contributed by atoms with E-state index in [1.54, 1.807) is 6.33 Å². The fourth-order valence-corrected chi connectivity index (χ4v) is 2.61. The first kappa shape index (κ1) is 12.2. The van der Waals surface area contributed by atoms with Gasteiger partial charge in [0.15, 0.2) is 6.33 Å². The number of hydrogen-bond donors (Lipinski definition) is 0. The van der Waals surface area contributed by atoms with Crippen LogP contribution >= 0.6 is 11.6 Å². The zero-order chi connectivity index (χ0) is 14.2. The fraction of sp³-hybridized carbons (Fsp3) is 0. The fourth-order valence-electron chi connectivity index (χ4n) is 2.48. The number of pyridine rings is 1. The molecule has 0 aliphatic rings. The van der Waals surface area contributed by atoms with E-state index in [1.165, 1.54) is 5.39 Å². The first-order chi connectivity index (χ1) is 10.3. The molecule has 0 radical (unpaired) electrons. The van der Waals surface area contributed by atoms with Crippen LogP contribution in [0.2, 0.25) is 5.02 Å². The maximum absolute atomic E-state index is 5.96. The highest BCUT2D eigenvalue weighted by Gasteiger charge is 2.14. The lowest BCUT2D eigenvalue weighted by molar-refractivity contribution is -0.579. The second-order valence-electron chi connectivity index (χ2n) is 4.85. The number of nitrogens with zero attached hydrogens (tertiary/aromatic N) is 3. The third-order valence-electron chi connectivity index (χ3n) is 3.52. The molecule has 2 aromatic heterocycles. The molecule has 0 spiro atoms. The van der Waals surface area contributed by atoms with Gasteiger partial charge in [0, 0.05) is 27.1 Å². The van der Waals surface area contributed by atoms with Crippen molar-refractivity contribution in [2.75, 3.05) is 0 Å². The maximum Gasteiger partial charge on any atom is 0.264 e. The van der Waals surface area contributed by atoms with Crippen LogP contribution in [-0.4, -0.2) is 10.1 Å². The Morgan fingerprint density at radius 2 is 1.67 bits per heavy atom. The zero-order valence-electron chi connectivity index (χ0n) is 11.1. The quantitative estimate of drug-likeness (QED) is 0.396. The van der Waals surface area contributed by atoms with Crippen LogP contribution in [0, 0.1) is 0 Å². The molecule has 0 N–H and O–H groups in total. The molecule has 0 saturated carbocycles. The van der Waals surface area contributed by atoms with Crippen LogP contribution in [-0.2, 0) is 0 Å². The van der Waals surface area contributed by atoms with Gasteiger partial charge in [-0.1, -0.05) is 41.9 Å². The van der Waals surface area contributed by atoms with E-state index in [4.69, 9.17) is 11.6 Å². The van der Waals surface area contributed by atoms with Gasteiger partial charge in [0.05, 0.1) is 0 Å². The molecule has 0 aliphatic carbocycles. The lowest BCUT2D eigenvalue weighted by Gasteiger charge is -2.01. The minimum absolute atomic E-state index is 0.718. The average molecular weight is 293 g/mol. The minimum atomic E-state index is 0.718. The van der Waals surface area contributed by atoms with E-state index in [-0.39, 0.29) is 0 Å². The van der Waals surface area contributed by atoms with Crippen LogP contribution in [0.1, 0.15) is 0 Å². The van der Waals surface area contributed by atoms with Crippen LogP contribution in [0.25, 0.3) is 27.5 Å². The number of aromatic nitrogens is 3. The number of benzene rings is 2. The predicted octanol–water partition coefficient (Wildman–Crippen LogP) is 3.69. The topological polar surface area (TPSA) is 29.9 Å². The van der Waals surface area contributed by atoms with Gasteiger partial charge in [-0.05, 0) is 28.1 Å². The molecule has 3 nitrogen and oxygen atoms in total. The SMILES string of the molecule is Clc1ccc(-c2ncn[n+]3cc4ccccc4cc23)cc1. The van der Waals surface area contributed by atoms with Crippen molar-refractivity contribution in [3.63, 3.8) is 0 Å². The Balaban J connectivity index is 2.04. The molecule has 100 valence electrons. The normalized spacial score (nSPS) is 11.1. The van der Waals surface area contributed by atoms with Crippen molar-refractivity contribution in [3.8, 4) is 11.3 Å². The zero-order valence-corrected chi connectivity index (χ0v) is 11.8. The first-order valence-corrected chi connectivity index (χ1v) is 7.00. The van der Waals surface area contributed by atoms with Gasteiger partial charge >= 0.3 is 0 Å². The van der Waals surface area contributed by atoms with Gasteiger partial charge in [-0.15, -0.1) is 0 Å². The van der Waals surface area contributed by atoms with Gasteiger partial charge in [-0.25, -0.2) is 4.98 Å². The molecule has 2 heterocycles. The van der Waals surface area contributed by atoms with E-state index in [0.717, 1.165) is 27.2 Å². The number of fused-ring (bicyclic) bond motifs is 2. The van der Waals surface area contributed by atoms with E-state index < -0.39 is 0 Å². The van der Waals surface area contributed by atoms with Crippen molar-refractivity contribution < 1.29 is 4.52 Å². The Bertz CT molecular complexity index is 949. The van der Waals surface area contributed by atoms with Crippen molar-refractivity contribution in [3.05, 3.63) is 72.1 Å². The summed E-state index contributed by atoms with van der Waals surface area (Å²) in [4.78, 5) is 4.44. The third-order valence-corrected chi connectivity index (χ3v) is 3.77. The summed E-state index contributed by atoms with van der Waals surface area (Å²) in [6, 6.07) is 18.0. The summed E-state index contributed by atoms with van der Waals surface area (Å²) in [6.45, 7) is 0. The highest BCUT2D eigenvalue weighted by atomic mass is 35.5. The summed E-state index contributed by atoms with van der Waals surface area (Å²) in [5.74, 6) is 0. The molecule has 4 aromatic rings. The van der Waals surface area contributed by atoms with Gasteiger partial charge in [-0.3, -0.25) is 0 Å². The monoisotopic (exact) mass is 292 g/mol. The van der Waals surface area contributed by atoms with Crippen LogP contribution in [0.3, 0.4) is 0 Å². The highest BCUT2D eigenvalue weighted by molar-refractivity contribution is 6.30. The van der Waals surface area contributed by atoms with Crippen LogP contribution in [0.4, 0.5) is 0 Å². The van der Waals surface area contributed by atoms with Crippen molar-refractivity contribution >= 4 is 27.9 Å². The molecule has 0 bridgehead atoms. The molecule has 0 amide bonds. The van der Waals surface area contributed by atoms with E-state index in [1.807, 2.05) is 47.1 Å². The number of halogens is 1. The van der Waals surface area contributed by atoms with Crippen LogP contribution < -0.4 is 4.52 Å².